The first kappa shape index (κ1) is 17.0. The maximum absolute atomic E-state index is 5.15. The zero-order valence-electron chi connectivity index (χ0n) is 14.0. The Labute approximate surface area is 137 Å². The largest absolute Gasteiger partial charge is 0.497 e. The third kappa shape index (κ3) is 6.12. The normalized spacial score (nSPS) is 10.6. The highest BCUT2D eigenvalue weighted by Crippen LogP contribution is 2.12. The van der Waals surface area contributed by atoms with E-state index in [2.05, 4.69) is 39.6 Å². The lowest BCUT2D eigenvalue weighted by atomic mass is 10.2. The fourth-order valence-electron chi connectivity index (χ4n) is 2.08. The molecule has 2 N–H and O–H groups in total. The van der Waals surface area contributed by atoms with Crippen molar-refractivity contribution >= 4 is 11.8 Å². The summed E-state index contributed by atoms with van der Waals surface area (Å²) in [7, 11) is 5.82. The summed E-state index contributed by atoms with van der Waals surface area (Å²) >= 11 is 0. The van der Waals surface area contributed by atoms with Crippen LogP contribution in [0.4, 0.5) is 11.8 Å². The molecule has 0 saturated heterocycles. The molecule has 1 aromatic carbocycles. The van der Waals surface area contributed by atoms with Crippen LogP contribution < -0.4 is 15.4 Å². The zero-order valence-corrected chi connectivity index (χ0v) is 14.0. The molecule has 0 atom stereocenters. The summed E-state index contributed by atoms with van der Waals surface area (Å²) in [5.74, 6) is 2.32. The Morgan fingerprint density at radius 1 is 1.09 bits per heavy atom. The summed E-state index contributed by atoms with van der Waals surface area (Å²) in [6.07, 6.45) is 2.84. The standard InChI is InChI=1S/C17H25N5O/c1-22(2)12-4-10-18-16-9-11-19-17(21-16)20-13-14-5-7-15(23-3)8-6-14/h5-9,11H,4,10,12-13H2,1-3H3,(H2,18,19,20,21). The molecule has 1 heterocycles. The summed E-state index contributed by atoms with van der Waals surface area (Å²) in [6.45, 7) is 2.63. The van der Waals surface area contributed by atoms with Crippen LogP contribution in [-0.4, -0.2) is 49.2 Å². The van der Waals surface area contributed by atoms with Crippen LogP contribution in [0.15, 0.2) is 36.5 Å². The highest BCUT2D eigenvalue weighted by molar-refractivity contribution is 5.40. The van der Waals surface area contributed by atoms with E-state index < -0.39 is 0 Å². The lowest BCUT2D eigenvalue weighted by Crippen LogP contribution is -2.16. The maximum atomic E-state index is 5.15. The summed E-state index contributed by atoms with van der Waals surface area (Å²) in [5, 5.41) is 6.56. The van der Waals surface area contributed by atoms with Gasteiger partial charge in [-0.3, -0.25) is 0 Å². The second kappa shape index (κ2) is 8.95. The summed E-state index contributed by atoms with van der Waals surface area (Å²) in [6, 6.07) is 9.82. The van der Waals surface area contributed by atoms with E-state index in [1.54, 1.807) is 13.3 Å². The van der Waals surface area contributed by atoms with E-state index in [4.69, 9.17) is 4.74 Å². The Kier molecular flexibility index (Phi) is 6.62. The van der Waals surface area contributed by atoms with Gasteiger partial charge in [-0.25, -0.2) is 4.98 Å². The molecule has 0 spiro atoms. The predicted molar refractivity (Wildman–Crippen MR) is 94.0 cm³/mol. The van der Waals surface area contributed by atoms with Gasteiger partial charge in [0.25, 0.3) is 0 Å². The van der Waals surface area contributed by atoms with E-state index in [9.17, 15) is 0 Å². The molecule has 0 radical (unpaired) electrons. The molecule has 0 aliphatic rings. The van der Waals surface area contributed by atoms with Crippen LogP contribution in [-0.2, 0) is 6.54 Å². The van der Waals surface area contributed by atoms with Crippen molar-refractivity contribution in [3.8, 4) is 5.75 Å². The molecule has 124 valence electrons. The molecule has 0 aliphatic heterocycles. The van der Waals surface area contributed by atoms with Gasteiger partial charge in [0.15, 0.2) is 0 Å². The van der Waals surface area contributed by atoms with Crippen LogP contribution in [0.25, 0.3) is 0 Å². The van der Waals surface area contributed by atoms with Crippen molar-refractivity contribution in [2.75, 3.05) is 44.9 Å². The number of rotatable bonds is 9. The SMILES string of the molecule is COc1ccc(CNc2nccc(NCCCN(C)C)n2)cc1. The van der Waals surface area contributed by atoms with E-state index in [1.165, 1.54) is 0 Å². The van der Waals surface area contributed by atoms with Crippen molar-refractivity contribution in [2.45, 2.75) is 13.0 Å². The quantitative estimate of drug-likeness (QED) is 0.693. The molecule has 23 heavy (non-hydrogen) atoms. The summed E-state index contributed by atoms with van der Waals surface area (Å²) in [4.78, 5) is 10.9. The Balaban J connectivity index is 1.81. The van der Waals surface area contributed by atoms with Crippen LogP contribution in [0.1, 0.15) is 12.0 Å². The first-order valence-corrected chi connectivity index (χ1v) is 7.76. The van der Waals surface area contributed by atoms with Gasteiger partial charge in [-0.15, -0.1) is 0 Å². The molecule has 0 fully saturated rings. The smallest absolute Gasteiger partial charge is 0.224 e. The highest BCUT2D eigenvalue weighted by atomic mass is 16.5. The van der Waals surface area contributed by atoms with Crippen LogP contribution in [0.3, 0.4) is 0 Å². The minimum atomic E-state index is 0.624. The number of nitrogens with zero attached hydrogens (tertiary/aromatic N) is 3. The van der Waals surface area contributed by atoms with Crippen molar-refractivity contribution in [3.05, 3.63) is 42.1 Å². The van der Waals surface area contributed by atoms with Crippen molar-refractivity contribution in [2.24, 2.45) is 0 Å². The van der Waals surface area contributed by atoms with Crippen LogP contribution in [0.5, 0.6) is 5.75 Å². The lowest BCUT2D eigenvalue weighted by Gasteiger charge is -2.11. The Morgan fingerprint density at radius 2 is 1.87 bits per heavy atom. The minimum Gasteiger partial charge on any atom is -0.497 e. The minimum absolute atomic E-state index is 0.624. The number of aromatic nitrogens is 2. The average molecular weight is 315 g/mol. The Hall–Kier alpha value is -2.34. The van der Waals surface area contributed by atoms with Gasteiger partial charge in [0.2, 0.25) is 5.95 Å². The maximum Gasteiger partial charge on any atom is 0.224 e. The first-order chi connectivity index (χ1) is 11.2. The molecule has 2 aromatic rings. The molecule has 0 aliphatic carbocycles. The van der Waals surface area contributed by atoms with Crippen molar-refractivity contribution in [3.63, 3.8) is 0 Å². The average Bonchev–Trinajstić information content (AvgIpc) is 2.57. The third-order valence-electron chi connectivity index (χ3n) is 3.35. The monoisotopic (exact) mass is 315 g/mol. The van der Waals surface area contributed by atoms with E-state index in [-0.39, 0.29) is 0 Å². The van der Waals surface area contributed by atoms with Gasteiger partial charge in [-0.2, -0.15) is 4.98 Å². The number of hydrogen-bond acceptors (Lipinski definition) is 6. The van der Waals surface area contributed by atoms with Crippen LogP contribution in [0.2, 0.25) is 0 Å². The molecular weight excluding hydrogens is 290 g/mol. The van der Waals surface area contributed by atoms with Gasteiger partial charge < -0.3 is 20.3 Å². The lowest BCUT2D eigenvalue weighted by molar-refractivity contribution is 0.405. The molecule has 6 nitrogen and oxygen atoms in total. The van der Waals surface area contributed by atoms with Crippen molar-refractivity contribution in [1.29, 1.82) is 0 Å². The van der Waals surface area contributed by atoms with E-state index >= 15 is 0 Å². The molecule has 1 aromatic heterocycles. The molecular formula is C17H25N5O. The van der Waals surface area contributed by atoms with E-state index in [0.29, 0.717) is 12.5 Å². The summed E-state index contributed by atoms with van der Waals surface area (Å²) in [5.41, 5.74) is 1.15. The fraction of sp³-hybridized carbons (Fsp3) is 0.412. The molecule has 0 unspecified atom stereocenters. The molecule has 2 rings (SSSR count). The van der Waals surface area contributed by atoms with Gasteiger partial charge >= 0.3 is 0 Å². The van der Waals surface area contributed by atoms with Crippen LogP contribution >= 0.6 is 0 Å². The van der Waals surface area contributed by atoms with Gasteiger partial charge in [0.05, 0.1) is 7.11 Å². The predicted octanol–water partition coefficient (Wildman–Crippen LogP) is 2.46. The second-order valence-electron chi connectivity index (χ2n) is 5.55. The van der Waals surface area contributed by atoms with E-state index in [0.717, 1.165) is 36.6 Å². The second-order valence-corrected chi connectivity index (χ2v) is 5.55. The number of methoxy groups -OCH3 is 1. The van der Waals surface area contributed by atoms with Gasteiger partial charge in [0, 0.05) is 19.3 Å². The molecule has 0 amide bonds. The molecule has 0 bridgehead atoms. The Morgan fingerprint density at radius 3 is 2.57 bits per heavy atom. The Bertz CT molecular complexity index is 586. The number of nitrogens with one attached hydrogen (secondary N) is 2. The molecule has 6 heteroatoms. The number of ether oxygens (including phenoxy) is 1. The van der Waals surface area contributed by atoms with Crippen LogP contribution in [0, 0.1) is 0 Å². The van der Waals surface area contributed by atoms with Gasteiger partial charge in [-0.1, -0.05) is 12.1 Å². The number of anilines is 2. The number of benzene rings is 1. The van der Waals surface area contributed by atoms with Crippen molar-refractivity contribution in [1.82, 2.24) is 14.9 Å². The van der Waals surface area contributed by atoms with E-state index in [1.807, 2.05) is 30.3 Å². The first-order valence-electron chi connectivity index (χ1n) is 7.76. The van der Waals surface area contributed by atoms with Gasteiger partial charge in [-0.05, 0) is 50.8 Å². The third-order valence-corrected chi connectivity index (χ3v) is 3.35. The number of hydrogen-bond donors (Lipinski definition) is 2. The molecule has 0 saturated carbocycles. The summed E-state index contributed by atoms with van der Waals surface area (Å²) < 4.78 is 5.15. The fourth-order valence-corrected chi connectivity index (χ4v) is 2.08. The highest BCUT2D eigenvalue weighted by Gasteiger charge is 2.00. The zero-order chi connectivity index (χ0) is 16.5. The van der Waals surface area contributed by atoms with Crippen molar-refractivity contribution < 1.29 is 4.74 Å². The topological polar surface area (TPSA) is 62.3 Å². The van der Waals surface area contributed by atoms with Gasteiger partial charge in [0.1, 0.15) is 11.6 Å².